The fourth-order valence-corrected chi connectivity index (χ4v) is 4.05. The highest BCUT2D eigenvalue weighted by Crippen LogP contribution is 2.49. The van der Waals surface area contributed by atoms with Crippen molar-refractivity contribution in [3.63, 3.8) is 0 Å². The van der Waals surface area contributed by atoms with Crippen molar-refractivity contribution in [1.29, 1.82) is 0 Å². The molecule has 0 radical (unpaired) electrons. The highest BCUT2D eigenvalue weighted by Gasteiger charge is 2.52. The number of hydrogen-bond donors (Lipinski definition) is 1. The van der Waals surface area contributed by atoms with E-state index in [-0.39, 0.29) is 28.7 Å². The largest absolute Gasteiger partial charge is 0.359 e. The van der Waals surface area contributed by atoms with Crippen LogP contribution in [0.3, 0.4) is 0 Å². The zero-order valence-corrected chi connectivity index (χ0v) is 12.8. The summed E-state index contributed by atoms with van der Waals surface area (Å²) in [5, 5.41) is 2.72. The van der Waals surface area contributed by atoms with E-state index in [1.807, 2.05) is 0 Å². The van der Waals surface area contributed by atoms with E-state index in [1.165, 1.54) is 12.1 Å². The summed E-state index contributed by atoms with van der Waals surface area (Å²) >= 11 is 0. The second kappa shape index (κ2) is 5.71. The van der Waals surface area contributed by atoms with E-state index in [1.54, 1.807) is 24.1 Å². The SMILES string of the molecule is CNC(=O)C1CN(C(=O)c2ccccc2F)CC12CCCC2. The van der Waals surface area contributed by atoms with Crippen LogP contribution < -0.4 is 5.32 Å². The van der Waals surface area contributed by atoms with Gasteiger partial charge in [0.05, 0.1) is 11.5 Å². The molecule has 1 unspecified atom stereocenters. The van der Waals surface area contributed by atoms with Crippen LogP contribution in [0.2, 0.25) is 0 Å². The summed E-state index contributed by atoms with van der Waals surface area (Å²) < 4.78 is 13.9. The number of carbonyl (C=O) groups excluding carboxylic acids is 2. The number of likely N-dealkylation sites (tertiary alicyclic amines) is 1. The van der Waals surface area contributed by atoms with Crippen LogP contribution in [0.15, 0.2) is 24.3 Å². The average Bonchev–Trinajstić information content (AvgIpc) is 3.14. The van der Waals surface area contributed by atoms with Gasteiger partial charge in [-0.2, -0.15) is 0 Å². The Kier molecular flexibility index (Phi) is 3.89. The van der Waals surface area contributed by atoms with Crippen LogP contribution in [-0.2, 0) is 4.79 Å². The number of amides is 2. The topological polar surface area (TPSA) is 49.4 Å². The lowest BCUT2D eigenvalue weighted by Crippen LogP contribution is -2.38. The van der Waals surface area contributed by atoms with Gasteiger partial charge < -0.3 is 10.2 Å². The van der Waals surface area contributed by atoms with Crippen LogP contribution in [0.25, 0.3) is 0 Å². The van der Waals surface area contributed by atoms with Gasteiger partial charge in [-0.1, -0.05) is 25.0 Å². The Morgan fingerprint density at radius 1 is 1.27 bits per heavy atom. The van der Waals surface area contributed by atoms with Gasteiger partial charge in [-0.25, -0.2) is 4.39 Å². The monoisotopic (exact) mass is 304 g/mol. The molecule has 3 rings (SSSR count). The van der Waals surface area contributed by atoms with Crippen molar-refractivity contribution >= 4 is 11.8 Å². The van der Waals surface area contributed by atoms with Crippen molar-refractivity contribution in [2.24, 2.45) is 11.3 Å². The normalized spacial score (nSPS) is 23.0. The first-order valence-electron chi connectivity index (χ1n) is 7.83. The smallest absolute Gasteiger partial charge is 0.256 e. The fraction of sp³-hybridized carbons (Fsp3) is 0.529. The Labute approximate surface area is 129 Å². The molecule has 2 amide bonds. The van der Waals surface area contributed by atoms with Crippen molar-refractivity contribution in [3.8, 4) is 0 Å². The molecule has 1 saturated heterocycles. The maximum Gasteiger partial charge on any atom is 0.256 e. The molecule has 1 aromatic rings. The minimum absolute atomic E-state index is 0.00858. The summed E-state index contributed by atoms with van der Waals surface area (Å²) in [5.41, 5.74) is -0.0331. The molecule has 1 N–H and O–H groups in total. The third kappa shape index (κ3) is 2.38. The van der Waals surface area contributed by atoms with Crippen molar-refractivity contribution in [2.75, 3.05) is 20.1 Å². The lowest BCUT2D eigenvalue weighted by molar-refractivity contribution is -0.127. The highest BCUT2D eigenvalue weighted by molar-refractivity contribution is 5.95. The van der Waals surface area contributed by atoms with Crippen LogP contribution in [0.4, 0.5) is 4.39 Å². The molecule has 1 spiro atoms. The lowest BCUT2D eigenvalue weighted by Gasteiger charge is -2.28. The molecule has 0 aromatic heterocycles. The third-order valence-corrected chi connectivity index (χ3v) is 5.20. The number of benzene rings is 1. The number of carbonyl (C=O) groups is 2. The molecule has 2 fully saturated rings. The second-order valence-corrected chi connectivity index (χ2v) is 6.40. The Morgan fingerprint density at radius 3 is 2.59 bits per heavy atom. The third-order valence-electron chi connectivity index (χ3n) is 5.20. The summed E-state index contributed by atoms with van der Waals surface area (Å²) in [5.74, 6) is -1.01. The predicted molar refractivity (Wildman–Crippen MR) is 80.8 cm³/mol. The number of nitrogens with one attached hydrogen (secondary N) is 1. The standard InChI is InChI=1S/C17H21FN2O2/c1-19-15(21)13-10-20(11-17(13)8-4-5-9-17)16(22)12-6-2-3-7-14(12)18/h2-3,6-7,13H,4-5,8-11H2,1H3,(H,19,21). The molecule has 0 bridgehead atoms. The molecule has 118 valence electrons. The van der Waals surface area contributed by atoms with Gasteiger partial charge in [0.25, 0.3) is 5.91 Å². The average molecular weight is 304 g/mol. The van der Waals surface area contributed by atoms with Gasteiger partial charge in [-0.05, 0) is 25.0 Å². The quantitative estimate of drug-likeness (QED) is 0.910. The number of hydrogen-bond acceptors (Lipinski definition) is 2. The Morgan fingerprint density at radius 2 is 1.95 bits per heavy atom. The minimum Gasteiger partial charge on any atom is -0.359 e. The van der Waals surface area contributed by atoms with Gasteiger partial charge in [-0.3, -0.25) is 9.59 Å². The van der Waals surface area contributed by atoms with Crippen molar-refractivity contribution in [3.05, 3.63) is 35.6 Å². The maximum absolute atomic E-state index is 13.9. The highest BCUT2D eigenvalue weighted by atomic mass is 19.1. The first-order valence-corrected chi connectivity index (χ1v) is 7.83. The molecular weight excluding hydrogens is 283 g/mol. The van der Waals surface area contributed by atoms with Gasteiger partial charge in [-0.15, -0.1) is 0 Å². The summed E-state index contributed by atoms with van der Waals surface area (Å²) in [6.07, 6.45) is 4.11. The zero-order valence-electron chi connectivity index (χ0n) is 12.8. The number of nitrogens with zero attached hydrogens (tertiary/aromatic N) is 1. The summed E-state index contributed by atoms with van der Waals surface area (Å²) in [7, 11) is 1.63. The molecule has 4 nitrogen and oxygen atoms in total. The summed E-state index contributed by atoms with van der Waals surface area (Å²) in [4.78, 5) is 26.5. The van der Waals surface area contributed by atoms with Crippen LogP contribution >= 0.6 is 0 Å². The van der Waals surface area contributed by atoms with Gasteiger partial charge in [0.2, 0.25) is 5.91 Å². The van der Waals surface area contributed by atoms with Crippen LogP contribution in [-0.4, -0.2) is 36.9 Å². The molecule has 1 aromatic carbocycles. The van der Waals surface area contributed by atoms with Crippen molar-refractivity contribution in [2.45, 2.75) is 25.7 Å². The Hall–Kier alpha value is -1.91. The molecule has 5 heteroatoms. The van der Waals surface area contributed by atoms with Crippen LogP contribution in [0.1, 0.15) is 36.0 Å². The maximum atomic E-state index is 13.9. The summed E-state index contributed by atoms with van der Waals surface area (Å²) in [6, 6.07) is 6.03. The van der Waals surface area contributed by atoms with E-state index in [0.29, 0.717) is 13.1 Å². The Bertz CT molecular complexity index is 596. The van der Waals surface area contributed by atoms with Crippen molar-refractivity contribution in [1.82, 2.24) is 10.2 Å². The van der Waals surface area contributed by atoms with Crippen molar-refractivity contribution < 1.29 is 14.0 Å². The van der Waals surface area contributed by atoms with E-state index in [4.69, 9.17) is 0 Å². The molecular formula is C17H21FN2O2. The molecule has 1 atom stereocenters. The summed E-state index contributed by atoms with van der Waals surface area (Å²) in [6.45, 7) is 0.936. The molecule has 2 aliphatic rings. The van der Waals surface area contributed by atoms with Crippen LogP contribution in [0, 0.1) is 17.2 Å². The van der Waals surface area contributed by atoms with Gasteiger partial charge >= 0.3 is 0 Å². The van der Waals surface area contributed by atoms with E-state index in [0.717, 1.165) is 25.7 Å². The molecule has 1 saturated carbocycles. The predicted octanol–water partition coefficient (Wildman–Crippen LogP) is 2.20. The van der Waals surface area contributed by atoms with Crippen LogP contribution in [0.5, 0.6) is 0 Å². The van der Waals surface area contributed by atoms with E-state index in [9.17, 15) is 14.0 Å². The molecule has 1 heterocycles. The number of rotatable bonds is 2. The van der Waals surface area contributed by atoms with Gasteiger partial charge in [0.1, 0.15) is 5.82 Å². The number of halogens is 1. The zero-order chi connectivity index (χ0) is 15.7. The lowest BCUT2D eigenvalue weighted by atomic mass is 9.76. The second-order valence-electron chi connectivity index (χ2n) is 6.40. The first-order chi connectivity index (χ1) is 10.6. The first kappa shape index (κ1) is 15.0. The Balaban J connectivity index is 1.86. The molecule has 22 heavy (non-hydrogen) atoms. The van der Waals surface area contributed by atoms with E-state index < -0.39 is 5.82 Å². The van der Waals surface area contributed by atoms with Gasteiger partial charge in [0.15, 0.2) is 0 Å². The van der Waals surface area contributed by atoms with E-state index >= 15 is 0 Å². The molecule has 1 aliphatic carbocycles. The fourth-order valence-electron chi connectivity index (χ4n) is 4.05. The molecule has 1 aliphatic heterocycles. The van der Waals surface area contributed by atoms with Gasteiger partial charge in [0, 0.05) is 25.6 Å². The van der Waals surface area contributed by atoms with E-state index in [2.05, 4.69) is 5.32 Å². The minimum atomic E-state index is -0.503.